The second-order valence-electron chi connectivity index (χ2n) is 9.60. The second-order valence-corrected chi connectivity index (χ2v) is 12.3. The third-order valence-corrected chi connectivity index (χ3v) is 8.42. The molecule has 2 aliphatic rings. The summed E-state index contributed by atoms with van der Waals surface area (Å²) in [4.78, 5) is 75.0. The van der Waals surface area contributed by atoms with E-state index in [0.717, 1.165) is 4.90 Å². The smallest absolute Gasteiger partial charge is 0.411 e. The van der Waals surface area contributed by atoms with Crippen LogP contribution in [0.3, 0.4) is 0 Å². The standard InChI is InChI=1S/C26H32N4O8S2/c1-14(2)13-18(25(35)36)28-20(31)9-11-39-40-12-10-38-26(37)29-17-6-4-5-16-21(17)24(34)30(23(16)33)19-8-7-15(3)27-22(19)32/h4-6,14,18-19H,3,7-13H2,1-2H3,(H,27,32)(H,28,31)(H,29,37)(H,35,36)/t18-,19?/m0/s1. The molecule has 1 fully saturated rings. The summed E-state index contributed by atoms with van der Waals surface area (Å²) in [6, 6.07) is 2.59. The van der Waals surface area contributed by atoms with E-state index in [0.29, 0.717) is 30.0 Å². The molecule has 1 aromatic carbocycles. The number of piperidine rings is 1. The Bertz CT molecular complexity index is 1210. The van der Waals surface area contributed by atoms with Crippen LogP contribution in [-0.4, -0.2) is 75.9 Å². The summed E-state index contributed by atoms with van der Waals surface area (Å²) < 4.78 is 5.17. The fraction of sp³-hybridized carbons (Fsp3) is 0.462. The SMILES string of the molecule is C=C1CCC(N2C(=O)c3cccc(NC(=O)OCCSSCCC(=O)N[C@@H](CC(C)C)C(=O)O)c3C2=O)C(=O)N1. The normalized spacial score (nSPS) is 17.4. The summed E-state index contributed by atoms with van der Waals surface area (Å²) in [6.45, 7) is 7.52. The zero-order valence-corrected chi connectivity index (χ0v) is 23.8. The molecule has 1 aromatic rings. The van der Waals surface area contributed by atoms with Gasteiger partial charge in [0, 0.05) is 23.6 Å². The number of anilines is 1. The molecule has 216 valence electrons. The van der Waals surface area contributed by atoms with Crippen molar-refractivity contribution in [3.8, 4) is 0 Å². The van der Waals surface area contributed by atoms with E-state index in [1.165, 1.54) is 39.8 Å². The van der Waals surface area contributed by atoms with Crippen LogP contribution in [0.4, 0.5) is 10.5 Å². The predicted molar refractivity (Wildman–Crippen MR) is 151 cm³/mol. The number of imide groups is 1. The lowest BCUT2D eigenvalue weighted by Crippen LogP contribution is -2.51. The van der Waals surface area contributed by atoms with Crippen molar-refractivity contribution in [2.75, 3.05) is 23.4 Å². The Morgan fingerprint density at radius 1 is 1.18 bits per heavy atom. The second kappa shape index (κ2) is 14.2. The van der Waals surface area contributed by atoms with E-state index < -0.39 is 41.9 Å². The lowest BCUT2D eigenvalue weighted by Gasteiger charge is -2.29. The lowest BCUT2D eigenvalue weighted by atomic mass is 10.0. The highest BCUT2D eigenvalue weighted by molar-refractivity contribution is 8.76. The molecule has 0 spiro atoms. The number of rotatable bonds is 13. The van der Waals surface area contributed by atoms with Crippen molar-refractivity contribution in [1.82, 2.24) is 15.5 Å². The van der Waals surface area contributed by atoms with Crippen LogP contribution in [0, 0.1) is 5.92 Å². The van der Waals surface area contributed by atoms with E-state index >= 15 is 0 Å². The number of hydrogen-bond donors (Lipinski definition) is 4. The Hall–Kier alpha value is -3.52. The summed E-state index contributed by atoms with van der Waals surface area (Å²) in [5, 5.41) is 16.8. The molecule has 3 rings (SSSR count). The van der Waals surface area contributed by atoms with Crippen LogP contribution in [0.1, 0.15) is 60.2 Å². The number of allylic oxidation sites excluding steroid dienone is 1. The van der Waals surface area contributed by atoms with Gasteiger partial charge in [-0.15, -0.1) is 0 Å². The molecule has 12 nitrogen and oxygen atoms in total. The maximum absolute atomic E-state index is 13.1. The lowest BCUT2D eigenvalue weighted by molar-refractivity contribution is -0.142. The molecule has 1 saturated heterocycles. The number of carbonyl (C=O) groups is 6. The van der Waals surface area contributed by atoms with Crippen molar-refractivity contribution in [3.05, 3.63) is 41.6 Å². The molecule has 0 saturated carbocycles. The molecule has 0 radical (unpaired) electrons. The van der Waals surface area contributed by atoms with E-state index in [4.69, 9.17) is 4.74 Å². The Labute approximate surface area is 239 Å². The van der Waals surface area contributed by atoms with Crippen LogP contribution in [0.5, 0.6) is 0 Å². The number of ether oxygens (including phenoxy) is 1. The van der Waals surface area contributed by atoms with Crippen LogP contribution in [-0.2, 0) is 19.1 Å². The van der Waals surface area contributed by atoms with Crippen LogP contribution in [0.25, 0.3) is 0 Å². The van der Waals surface area contributed by atoms with Crippen molar-refractivity contribution in [3.63, 3.8) is 0 Å². The average molecular weight is 593 g/mol. The molecule has 0 aliphatic carbocycles. The highest BCUT2D eigenvalue weighted by Crippen LogP contribution is 2.33. The summed E-state index contributed by atoms with van der Waals surface area (Å²) in [7, 11) is 2.77. The summed E-state index contributed by atoms with van der Waals surface area (Å²) in [6.07, 6.45) is 0.399. The van der Waals surface area contributed by atoms with Crippen molar-refractivity contribution in [1.29, 1.82) is 0 Å². The first-order chi connectivity index (χ1) is 19.0. The topological polar surface area (TPSA) is 171 Å². The summed E-state index contributed by atoms with van der Waals surface area (Å²) in [5.74, 6) is -2.15. The molecule has 1 unspecified atom stereocenters. The quantitative estimate of drug-likeness (QED) is 0.152. The van der Waals surface area contributed by atoms with Gasteiger partial charge in [0.1, 0.15) is 18.7 Å². The largest absolute Gasteiger partial charge is 0.480 e. The van der Waals surface area contributed by atoms with Crippen LogP contribution in [0.15, 0.2) is 30.5 Å². The number of nitrogens with zero attached hydrogens (tertiary/aromatic N) is 1. The Balaban J connectivity index is 1.41. The first-order valence-corrected chi connectivity index (χ1v) is 15.2. The fourth-order valence-electron chi connectivity index (χ4n) is 4.23. The fourth-order valence-corrected chi connectivity index (χ4v) is 6.04. The van der Waals surface area contributed by atoms with Crippen LogP contribution >= 0.6 is 21.6 Å². The van der Waals surface area contributed by atoms with Gasteiger partial charge >= 0.3 is 12.1 Å². The predicted octanol–water partition coefficient (Wildman–Crippen LogP) is 3.01. The van der Waals surface area contributed by atoms with Crippen LogP contribution in [0.2, 0.25) is 0 Å². The molecule has 14 heteroatoms. The van der Waals surface area contributed by atoms with E-state index in [-0.39, 0.29) is 48.1 Å². The number of carboxylic acids is 1. The minimum atomic E-state index is -1.06. The van der Waals surface area contributed by atoms with E-state index in [1.807, 2.05) is 13.8 Å². The van der Waals surface area contributed by atoms with Gasteiger partial charge in [0.15, 0.2) is 0 Å². The summed E-state index contributed by atoms with van der Waals surface area (Å²) >= 11 is 0. The van der Waals surface area contributed by atoms with Crippen molar-refractivity contribution in [2.24, 2.45) is 5.92 Å². The Morgan fingerprint density at radius 2 is 1.90 bits per heavy atom. The highest BCUT2D eigenvalue weighted by Gasteiger charge is 2.45. The number of benzene rings is 1. The molecule has 0 aromatic heterocycles. The van der Waals surface area contributed by atoms with Crippen LogP contribution < -0.4 is 16.0 Å². The third-order valence-electron chi connectivity index (χ3n) is 6.05. The molecular formula is C26H32N4O8S2. The Kier molecular flexibility index (Phi) is 11.0. The number of amides is 5. The zero-order chi connectivity index (χ0) is 29.4. The number of carboxylic acid groups (broad SMARTS) is 1. The average Bonchev–Trinajstić information content (AvgIpc) is 3.13. The molecule has 40 heavy (non-hydrogen) atoms. The molecular weight excluding hydrogens is 560 g/mol. The van der Waals surface area contributed by atoms with Crippen molar-refractivity contribution >= 4 is 63.0 Å². The third kappa shape index (κ3) is 8.01. The zero-order valence-electron chi connectivity index (χ0n) is 22.2. The van der Waals surface area contributed by atoms with Crippen molar-refractivity contribution < 1.29 is 38.6 Å². The first-order valence-electron chi connectivity index (χ1n) is 12.7. The van der Waals surface area contributed by atoms with Gasteiger partial charge in [0.05, 0.1) is 16.8 Å². The van der Waals surface area contributed by atoms with Gasteiger partial charge < -0.3 is 20.5 Å². The van der Waals surface area contributed by atoms with Gasteiger partial charge in [-0.3, -0.25) is 29.4 Å². The Morgan fingerprint density at radius 3 is 2.58 bits per heavy atom. The first kappa shape index (κ1) is 31.0. The van der Waals surface area contributed by atoms with Gasteiger partial charge in [-0.2, -0.15) is 0 Å². The molecule has 0 bridgehead atoms. The number of nitrogens with one attached hydrogen (secondary N) is 3. The van der Waals surface area contributed by atoms with Gasteiger partial charge in [-0.1, -0.05) is 48.1 Å². The van der Waals surface area contributed by atoms with Gasteiger partial charge in [-0.05, 0) is 37.3 Å². The molecule has 2 atom stereocenters. The molecule has 4 N–H and O–H groups in total. The summed E-state index contributed by atoms with van der Waals surface area (Å²) in [5.41, 5.74) is 0.725. The van der Waals surface area contributed by atoms with Gasteiger partial charge in [-0.25, -0.2) is 9.59 Å². The van der Waals surface area contributed by atoms with Gasteiger partial charge in [0.2, 0.25) is 11.8 Å². The number of aliphatic carboxylic acids is 1. The molecule has 2 aliphatic heterocycles. The molecule has 5 amide bonds. The number of fused-ring (bicyclic) bond motifs is 1. The maximum atomic E-state index is 13.1. The molecule has 2 heterocycles. The van der Waals surface area contributed by atoms with E-state index in [1.54, 1.807) is 0 Å². The minimum Gasteiger partial charge on any atom is -0.480 e. The number of hydrogen-bond acceptors (Lipinski definition) is 9. The van der Waals surface area contributed by atoms with E-state index in [9.17, 15) is 33.9 Å². The van der Waals surface area contributed by atoms with E-state index in [2.05, 4.69) is 22.5 Å². The maximum Gasteiger partial charge on any atom is 0.411 e. The number of carbonyl (C=O) groups excluding carboxylic acids is 5. The highest BCUT2D eigenvalue weighted by atomic mass is 33.1. The van der Waals surface area contributed by atoms with Gasteiger partial charge in [0.25, 0.3) is 11.8 Å². The monoisotopic (exact) mass is 592 g/mol. The van der Waals surface area contributed by atoms with Crippen molar-refractivity contribution in [2.45, 2.75) is 51.6 Å². The minimum absolute atomic E-state index is 0.00314.